The molecule has 0 spiro atoms. The molecule has 0 saturated heterocycles. The zero-order valence-electron chi connectivity index (χ0n) is 10.6. The molecule has 0 radical (unpaired) electrons. The van der Waals surface area contributed by atoms with Gasteiger partial charge in [0.1, 0.15) is 0 Å². The van der Waals surface area contributed by atoms with E-state index >= 15 is 0 Å². The average molecular weight is 257 g/mol. The Morgan fingerprint density at radius 3 is 2.65 bits per heavy atom. The Labute approximate surface area is 104 Å². The molecule has 0 amide bonds. The minimum absolute atomic E-state index is 0.0103. The van der Waals surface area contributed by atoms with E-state index < -0.39 is 10.8 Å². The lowest BCUT2D eigenvalue weighted by molar-refractivity contribution is 0.575. The molecule has 2 atom stereocenters. The van der Waals surface area contributed by atoms with Crippen LogP contribution in [0.4, 0.5) is 5.82 Å². The van der Waals surface area contributed by atoms with Gasteiger partial charge in [-0.3, -0.25) is 9.00 Å². The van der Waals surface area contributed by atoms with Crippen LogP contribution in [-0.4, -0.2) is 31.8 Å². The maximum Gasteiger partial charge on any atom is 0.293 e. The van der Waals surface area contributed by atoms with E-state index in [2.05, 4.69) is 10.3 Å². The molecule has 17 heavy (non-hydrogen) atoms. The Balaban J connectivity index is 2.83. The molecular weight excluding hydrogens is 238 g/mol. The van der Waals surface area contributed by atoms with Crippen molar-refractivity contribution in [2.75, 3.05) is 18.1 Å². The van der Waals surface area contributed by atoms with Gasteiger partial charge in [0.15, 0.2) is 5.82 Å². The van der Waals surface area contributed by atoms with Crippen molar-refractivity contribution in [2.24, 2.45) is 0 Å². The summed E-state index contributed by atoms with van der Waals surface area (Å²) in [6, 6.07) is 0.101. The summed E-state index contributed by atoms with van der Waals surface area (Å²) in [5, 5.41) is 2.94. The molecule has 5 nitrogen and oxygen atoms in total. The van der Waals surface area contributed by atoms with Gasteiger partial charge in [0.05, 0.1) is 0 Å². The van der Waals surface area contributed by atoms with E-state index in [4.69, 9.17) is 0 Å². The van der Waals surface area contributed by atoms with Crippen LogP contribution in [0.15, 0.2) is 17.2 Å². The minimum atomic E-state index is -0.904. The Bertz CT molecular complexity index is 456. The van der Waals surface area contributed by atoms with Crippen LogP contribution in [0.1, 0.15) is 26.8 Å². The first-order chi connectivity index (χ1) is 7.93. The molecule has 1 rings (SSSR count). The molecule has 1 N–H and O–H groups in total. The smallest absolute Gasteiger partial charge is 0.293 e. The summed E-state index contributed by atoms with van der Waals surface area (Å²) in [7, 11) is -0.904. The minimum Gasteiger partial charge on any atom is -0.364 e. The predicted molar refractivity (Wildman–Crippen MR) is 70.9 cm³/mol. The summed E-state index contributed by atoms with van der Waals surface area (Å²) >= 11 is 0. The highest BCUT2D eigenvalue weighted by atomic mass is 32.2. The van der Waals surface area contributed by atoms with Gasteiger partial charge in [0.2, 0.25) is 0 Å². The number of hydrogen-bond donors (Lipinski definition) is 1. The number of nitrogens with zero attached hydrogens (tertiary/aromatic N) is 2. The summed E-state index contributed by atoms with van der Waals surface area (Å²) in [4.78, 5) is 16.0. The summed E-state index contributed by atoms with van der Waals surface area (Å²) < 4.78 is 12.8. The second-order valence-electron chi connectivity index (χ2n) is 4.27. The first kappa shape index (κ1) is 13.9. The van der Waals surface area contributed by atoms with Crippen molar-refractivity contribution in [3.63, 3.8) is 0 Å². The largest absolute Gasteiger partial charge is 0.364 e. The molecule has 1 aromatic rings. The molecule has 6 heteroatoms. The second-order valence-corrected chi connectivity index (χ2v) is 6.07. The van der Waals surface area contributed by atoms with Crippen LogP contribution in [-0.2, 0) is 10.8 Å². The molecule has 0 fully saturated rings. The van der Waals surface area contributed by atoms with E-state index in [1.165, 1.54) is 0 Å². The lowest BCUT2D eigenvalue weighted by atomic mass is 10.4. The van der Waals surface area contributed by atoms with Crippen molar-refractivity contribution in [2.45, 2.75) is 32.1 Å². The van der Waals surface area contributed by atoms with Crippen LogP contribution in [0.5, 0.6) is 0 Å². The van der Waals surface area contributed by atoms with E-state index in [0.29, 0.717) is 12.4 Å². The lowest BCUT2D eigenvalue weighted by Gasteiger charge is -2.13. The van der Waals surface area contributed by atoms with Gasteiger partial charge in [-0.15, -0.1) is 0 Å². The van der Waals surface area contributed by atoms with Gasteiger partial charge in [0, 0.05) is 47.3 Å². The fourth-order valence-electron chi connectivity index (χ4n) is 1.31. The maximum atomic E-state index is 12.0. The van der Waals surface area contributed by atoms with Gasteiger partial charge in [-0.25, -0.2) is 4.98 Å². The van der Waals surface area contributed by atoms with Gasteiger partial charge < -0.3 is 9.88 Å². The molecule has 0 bridgehead atoms. The molecule has 1 heterocycles. The molecule has 1 aromatic heterocycles. The normalized spacial score (nSPS) is 14.6. The van der Waals surface area contributed by atoms with Crippen molar-refractivity contribution in [1.29, 1.82) is 0 Å². The molecule has 2 unspecified atom stereocenters. The molecule has 0 aliphatic heterocycles. The first-order valence-electron chi connectivity index (χ1n) is 5.56. The standard InChI is InChI=1S/C11H19N3O2S/c1-8(2)14-6-5-12-10(11(14)15)13-7-9(3)17(4)16/h5-6,8-9H,7H2,1-4H3,(H,12,13). The SMILES string of the molecule is CC(C)n1ccnc(NCC(C)S(C)=O)c1=O. The van der Waals surface area contributed by atoms with Gasteiger partial charge >= 0.3 is 0 Å². The summed E-state index contributed by atoms with van der Waals surface area (Å²) in [6.45, 7) is 6.23. The zero-order chi connectivity index (χ0) is 13.0. The summed E-state index contributed by atoms with van der Waals surface area (Å²) in [5.41, 5.74) is -0.142. The second kappa shape index (κ2) is 5.95. The van der Waals surface area contributed by atoms with Crippen molar-refractivity contribution < 1.29 is 4.21 Å². The highest BCUT2D eigenvalue weighted by Gasteiger charge is 2.10. The lowest BCUT2D eigenvalue weighted by Crippen LogP contribution is -2.29. The third-order valence-corrected chi connectivity index (χ3v) is 3.85. The van der Waals surface area contributed by atoms with Gasteiger partial charge in [0.25, 0.3) is 5.56 Å². The van der Waals surface area contributed by atoms with Crippen LogP contribution in [0.2, 0.25) is 0 Å². The highest BCUT2D eigenvalue weighted by molar-refractivity contribution is 7.84. The monoisotopic (exact) mass is 257 g/mol. The van der Waals surface area contributed by atoms with Crippen LogP contribution in [0.25, 0.3) is 0 Å². The summed E-state index contributed by atoms with van der Waals surface area (Å²) in [6.07, 6.45) is 4.91. The third kappa shape index (κ3) is 3.66. The van der Waals surface area contributed by atoms with E-state index in [0.717, 1.165) is 0 Å². The number of hydrogen-bond acceptors (Lipinski definition) is 4. The van der Waals surface area contributed by atoms with Gasteiger partial charge in [-0.2, -0.15) is 0 Å². The molecule has 96 valence electrons. The Kier molecular flexibility index (Phi) is 4.86. The molecular formula is C11H19N3O2S. The summed E-state index contributed by atoms with van der Waals surface area (Å²) in [5.74, 6) is 0.318. The molecule has 0 saturated carbocycles. The fourth-order valence-corrected chi connectivity index (χ4v) is 1.63. The van der Waals surface area contributed by atoms with Crippen molar-refractivity contribution in [1.82, 2.24) is 9.55 Å². The van der Waals surface area contributed by atoms with E-state index in [-0.39, 0.29) is 16.9 Å². The van der Waals surface area contributed by atoms with Crippen LogP contribution >= 0.6 is 0 Å². The zero-order valence-corrected chi connectivity index (χ0v) is 11.5. The highest BCUT2D eigenvalue weighted by Crippen LogP contribution is 2.02. The van der Waals surface area contributed by atoms with E-state index in [1.807, 2.05) is 20.8 Å². The maximum absolute atomic E-state index is 12.0. The van der Waals surface area contributed by atoms with Crippen molar-refractivity contribution >= 4 is 16.6 Å². The van der Waals surface area contributed by atoms with Crippen LogP contribution in [0.3, 0.4) is 0 Å². The van der Waals surface area contributed by atoms with Crippen molar-refractivity contribution in [3.8, 4) is 0 Å². The predicted octanol–water partition coefficient (Wildman–Crippen LogP) is 1.00. The molecule has 0 aliphatic carbocycles. The van der Waals surface area contributed by atoms with Crippen LogP contribution < -0.4 is 10.9 Å². The Hall–Kier alpha value is -1.17. The van der Waals surface area contributed by atoms with Crippen LogP contribution in [0, 0.1) is 0 Å². The Morgan fingerprint density at radius 2 is 2.12 bits per heavy atom. The van der Waals surface area contributed by atoms with Gasteiger partial charge in [-0.05, 0) is 20.8 Å². The van der Waals surface area contributed by atoms with Crippen molar-refractivity contribution in [3.05, 3.63) is 22.7 Å². The molecule has 0 aromatic carbocycles. The molecule has 0 aliphatic rings. The number of nitrogens with one attached hydrogen (secondary N) is 1. The quantitative estimate of drug-likeness (QED) is 0.855. The van der Waals surface area contributed by atoms with E-state index in [1.54, 1.807) is 23.2 Å². The number of anilines is 1. The topological polar surface area (TPSA) is 64.0 Å². The fraction of sp³-hybridized carbons (Fsp3) is 0.636. The number of aromatic nitrogens is 2. The third-order valence-electron chi connectivity index (χ3n) is 2.55. The average Bonchev–Trinajstić information content (AvgIpc) is 2.26. The Morgan fingerprint density at radius 1 is 1.47 bits per heavy atom. The van der Waals surface area contributed by atoms with E-state index in [9.17, 15) is 9.00 Å². The number of rotatable bonds is 5. The van der Waals surface area contributed by atoms with Gasteiger partial charge in [-0.1, -0.05) is 0 Å². The first-order valence-corrected chi connectivity index (χ1v) is 7.18.